The van der Waals surface area contributed by atoms with E-state index in [2.05, 4.69) is 30.2 Å². The number of nitrogens with zero attached hydrogens (tertiary/aromatic N) is 3. The normalized spacial score (nSPS) is 13.0. The maximum absolute atomic E-state index is 13.5. The van der Waals surface area contributed by atoms with Crippen LogP contribution in [0, 0.1) is 0 Å². The number of nitrogens with one attached hydrogen (secondary N) is 3. The molecule has 344 valence electrons. The van der Waals surface area contributed by atoms with Gasteiger partial charge in [0, 0.05) is 32.7 Å². The van der Waals surface area contributed by atoms with Crippen LogP contribution in [0.3, 0.4) is 0 Å². The molecule has 1 aromatic rings. The Labute approximate surface area is 347 Å². The number of hydrogen-bond donors (Lipinski definition) is 7. The third-order valence-corrected chi connectivity index (χ3v) is 8.53. The van der Waals surface area contributed by atoms with E-state index < -0.39 is 72.3 Å². The van der Waals surface area contributed by atoms with Gasteiger partial charge in [-0.2, -0.15) is 0 Å². The standard InChI is InChI=1S/C36H65N9O15/c1-25(22-55-28(37)46)58-31(49)40-16-10-4-7-13-19-43-34(52)44(20-14-8-5-11-17-41-32(50)59-26(2)23-56-29(38)47)36(54)45(35(43)53)21-15-9-6-12-18-42-33(51)60-27(3)24-57-30(39)48/h25-27,31,40,49H,4-24H2,1-3H3,(H2,37,46)(H2,38,47)(H2,39,48)(H,41,50)(H,42,51). The van der Waals surface area contributed by atoms with E-state index in [4.69, 9.17) is 31.4 Å². The van der Waals surface area contributed by atoms with Crippen molar-refractivity contribution in [1.29, 1.82) is 0 Å². The molecule has 0 radical (unpaired) electrons. The van der Waals surface area contributed by atoms with Gasteiger partial charge in [0.1, 0.15) is 32.0 Å². The molecule has 0 spiro atoms. The summed E-state index contributed by atoms with van der Waals surface area (Å²) in [7, 11) is 0. The first-order valence-corrected chi connectivity index (χ1v) is 20.2. The first-order chi connectivity index (χ1) is 28.5. The summed E-state index contributed by atoms with van der Waals surface area (Å²) in [6.45, 7) is 5.52. The highest BCUT2D eigenvalue weighted by molar-refractivity contribution is 5.68. The molecule has 24 heteroatoms. The highest BCUT2D eigenvalue weighted by Gasteiger charge is 2.17. The molecule has 0 bridgehead atoms. The minimum absolute atomic E-state index is 0.0865. The Morgan fingerprint density at radius 3 is 1.18 bits per heavy atom. The first kappa shape index (κ1) is 52.7. The fraction of sp³-hybridized carbons (Fsp3) is 0.778. The van der Waals surface area contributed by atoms with E-state index in [9.17, 15) is 43.5 Å². The zero-order valence-corrected chi connectivity index (χ0v) is 34.9. The summed E-state index contributed by atoms with van der Waals surface area (Å²) in [6.07, 6.45) is -0.329. The summed E-state index contributed by atoms with van der Waals surface area (Å²) in [5.41, 5.74) is 12.7. The zero-order chi connectivity index (χ0) is 44.9. The van der Waals surface area contributed by atoms with E-state index in [1.807, 2.05) is 0 Å². The number of unbranched alkanes of at least 4 members (excludes halogenated alkanes) is 9. The Kier molecular flexibility index (Phi) is 26.9. The summed E-state index contributed by atoms with van der Waals surface area (Å²) in [5, 5.41) is 18.0. The third kappa shape index (κ3) is 24.5. The van der Waals surface area contributed by atoms with Gasteiger partial charge in [-0.1, -0.05) is 38.5 Å². The van der Waals surface area contributed by atoms with Crippen LogP contribution in [0.4, 0.5) is 24.0 Å². The molecule has 0 fully saturated rings. The number of primary amides is 3. The molecular formula is C36H65N9O15. The Morgan fingerprint density at radius 2 is 0.833 bits per heavy atom. The van der Waals surface area contributed by atoms with E-state index in [1.54, 1.807) is 20.8 Å². The quantitative estimate of drug-likeness (QED) is 0.0297. The van der Waals surface area contributed by atoms with Crippen LogP contribution in [0.2, 0.25) is 0 Å². The fourth-order valence-corrected chi connectivity index (χ4v) is 5.53. The van der Waals surface area contributed by atoms with Gasteiger partial charge in [-0.25, -0.2) is 52.1 Å². The Hall–Kier alpha value is -5.36. The van der Waals surface area contributed by atoms with Crippen LogP contribution in [0.15, 0.2) is 14.4 Å². The van der Waals surface area contributed by atoms with Gasteiger partial charge in [0.05, 0.1) is 6.10 Å². The fourth-order valence-electron chi connectivity index (χ4n) is 5.53. The van der Waals surface area contributed by atoms with Crippen molar-refractivity contribution < 1.29 is 57.5 Å². The number of carbonyl (C=O) groups is 5. The maximum Gasteiger partial charge on any atom is 0.407 e. The van der Waals surface area contributed by atoms with Crippen molar-refractivity contribution >= 4 is 30.5 Å². The molecule has 1 rings (SSSR count). The van der Waals surface area contributed by atoms with E-state index >= 15 is 0 Å². The lowest BCUT2D eigenvalue weighted by molar-refractivity contribution is -0.157. The van der Waals surface area contributed by atoms with Crippen LogP contribution in [-0.4, -0.2) is 113 Å². The number of aliphatic hydroxyl groups excluding tert-OH is 1. The van der Waals surface area contributed by atoms with Gasteiger partial charge in [-0.05, 0) is 65.8 Å². The van der Waals surface area contributed by atoms with E-state index in [0.717, 1.165) is 13.7 Å². The molecule has 5 amide bonds. The lowest BCUT2D eigenvalue weighted by Crippen LogP contribution is -2.54. The minimum Gasteiger partial charge on any atom is -0.447 e. The number of alkyl carbamates (subject to hydrolysis) is 2. The first-order valence-electron chi connectivity index (χ1n) is 20.2. The lowest BCUT2D eigenvalue weighted by Gasteiger charge is -2.18. The largest absolute Gasteiger partial charge is 0.447 e. The van der Waals surface area contributed by atoms with E-state index in [-0.39, 0.29) is 39.5 Å². The molecular weight excluding hydrogens is 798 g/mol. The number of amides is 5. The maximum atomic E-state index is 13.5. The molecule has 0 saturated carbocycles. The molecule has 1 aromatic heterocycles. The second-order valence-electron chi connectivity index (χ2n) is 14.0. The summed E-state index contributed by atoms with van der Waals surface area (Å²) in [6, 6.07) is 0. The van der Waals surface area contributed by atoms with Crippen molar-refractivity contribution in [2.45, 2.75) is 142 Å². The van der Waals surface area contributed by atoms with Crippen molar-refractivity contribution in [2.24, 2.45) is 17.2 Å². The highest BCUT2D eigenvalue weighted by atomic mass is 16.6. The second kappa shape index (κ2) is 30.6. The van der Waals surface area contributed by atoms with Crippen LogP contribution in [-0.2, 0) is 48.1 Å². The summed E-state index contributed by atoms with van der Waals surface area (Å²) in [5.74, 6) is 0. The molecule has 0 aromatic carbocycles. The monoisotopic (exact) mass is 863 g/mol. The molecule has 0 aliphatic rings. The second-order valence-corrected chi connectivity index (χ2v) is 14.0. The predicted octanol–water partition coefficient (Wildman–Crippen LogP) is 0.639. The van der Waals surface area contributed by atoms with Crippen LogP contribution < -0.4 is 50.2 Å². The summed E-state index contributed by atoms with van der Waals surface area (Å²) in [4.78, 5) is 96.4. The van der Waals surface area contributed by atoms with Gasteiger partial charge < -0.3 is 61.4 Å². The summed E-state index contributed by atoms with van der Waals surface area (Å²) < 4.78 is 32.4. The zero-order valence-electron chi connectivity index (χ0n) is 34.9. The average molecular weight is 864 g/mol. The number of hydrogen-bond acceptors (Lipinski definition) is 16. The summed E-state index contributed by atoms with van der Waals surface area (Å²) >= 11 is 0. The molecule has 10 N–H and O–H groups in total. The van der Waals surface area contributed by atoms with Gasteiger partial charge in [0.25, 0.3) is 0 Å². The van der Waals surface area contributed by atoms with Crippen LogP contribution in [0.5, 0.6) is 0 Å². The molecule has 1 heterocycles. The van der Waals surface area contributed by atoms with Crippen molar-refractivity contribution in [3.63, 3.8) is 0 Å². The molecule has 0 saturated heterocycles. The minimum atomic E-state index is -1.28. The van der Waals surface area contributed by atoms with Crippen LogP contribution in [0.25, 0.3) is 0 Å². The number of aliphatic hydroxyl groups is 1. The number of carbonyl (C=O) groups excluding carboxylic acids is 5. The molecule has 0 aliphatic heterocycles. The van der Waals surface area contributed by atoms with Crippen LogP contribution >= 0.6 is 0 Å². The molecule has 60 heavy (non-hydrogen) atoms. The van der Waals surface area contributed by atoms with E-state index in [0.29, 0.717) is 96.7 Å². The highest BCUT2D eigenvalue weighted by Crippen LogP contribution is 2.05. The van der Waals surface area contributed by atoms with Gasteiger partial charge in [0.15, 0.2) is 0 Å². The smallest absolute Gasteiger partial charge is 0.407 e. The molecule has 0 aliphatic carbocycles. The number of aromatic nitrogens is 3. The van der Waals surface area contributed by atoms with Crippen LogP contribution in [0.1, 0.15) is 97.8 Å². The number of rotatable bonds is 32. The van der Waals surface area contributed by atoms with E-state index in [1.165, 1.54) is 0 Å². The Balaban J connectivity index is 2.73. The van der Waals surface area contributed by atoms with Gasteiger partial charge in [-0.3, -0.25) is 5.32 Å². The predicted molar refractivity (Wildman–Crippen MR) is 214 cm³/mol. The van der Waals surface area contributed by atoms with Crippen molar-refractivity contribution in [3.05, 3.63) is 31.5 Å². The van der Waals surface area contributed by atoms with Crippen molar-refractivity contribution in [1.82, 2.24) is 29.7 Å². The van der Waals surface area contributed by atoms with Crippen molar-refractivity contribution in [3.8, 4) is 0 Å². The Bertz CT molecular complexity index is 1540. The number of nitrogens with two attached hydrogens (primary N) is 3. The lowest BCUT2D eigenvalue weighted by atomic mass is 10.2. The van der Waals surface area contributed by atoms with Gasteiger partial charge >= 0.3 is 47.5 Å². The molecule has 24 nitrogen and oxygen atoms in total. The van der Waals surface area contributed by atoms with Gasteiger partial charge in [-0.15, -0.1) is 0 Å². The molecule has 4 unspecified atom stereocenters. The number of ether oxygens (including phenoxy) is 6. The molecule has 4 atom stereocenters. The van der Waals surface area contributed by atoms with Crippen molar-refractivity contribution in [2.75, 3.05) is 39.5 Å². The Morgan fingerprint density at radius 1 is 0.517 bits per heavy atom. The average Bonchev–Trinajstić information content (AvgIpc) is 3.17. The van der Waals surface area contributed by atoms with Gasteiger partial charge in [0.2, 0.25) is 6.41 Å². The SMILES string of the molecule is CC(COC(N)=O)OC(=O)NCCCCCCn1c(=O)n(CCCCCCNC(=O)OC(C)COC(N)=O)c(=O)n(CCCCCCNC(O)OC(C)COC(N)=O)c1=O. The third-order valence-electron chi connectivity index (χ3n) is 8.53. The topological polar surface area (TPSA) is 341 Å².